The molecule has 0 spiro atoms. The molecule has 0 radical (unpaired) electrons. The van der Waals surface area contributed by atoms with Gasteiger partial charge < -0.3 is 15.0 Å². The lowest BCUT2D eigenvalue weighted by molar-refractivity contribution is -0.145. The third kappa shape index (κ3) is 4.04. The predicted octanol–water partition coefficient (Wildman–Crippen LogP) is 2.11. The van der Waals surface area contributed by atoms with Gasteiger partial charge in [0, 0.05) is 19.1 Å². The Hall–Kier alpha value is -2.11. The lowest BCUT2D eigenvalue weighted by Crippen LogP contribution is -2.57. The van der Waals surface area contributed by atoms with Crippen LogP contribution in [-0.4, -0.2) is 42.5 Å². The normalized spacial score (nSPS) is 18.8. The van der Waals surface area contributed by atoms with E-state index < -0.39 is 5.82 Å². The van der Waals surface area contributed by atoms with Crippen molar-refractivity contribution in [2.24, 2.45) is 5.92 Å². The first kappa shape index (κ1) is 16.7. The van der Waals surface area contributed by atoms with Crippen LogP contribution in [0.3, 0.4) is 0 Å². The smallest absolute Gasteiger partial charge is 0.260 e. The number of hydrogen-bond donors (Lipinski definition) is 1. The van der Waals surface area contributed by atoms with E-state index in [4.69, 9.17) is 4.74 Å². The van der Waals surface area contributed by atoms with Crippen LogP contribution in [0.5, 0.6) is 5.75 Å². The Balaban J connectivity index is 1.38. The van der Waals surface area contributed by atoms with Crippen LogP contribution in [0.2, 0.25) is 0 Å². The largest absolute Gasteiger partial charge is 0.481 e. The van der Waals surface area contributed by atoms with Crippen LogP contribution in [0, 0.1) is 11.7 Å². The van der Waals surface area contributed by atoms with Gasteiger partial charge in [0.1, 0.15) is 0 Å². The predicted molar refractivity (Wildman–Crippen MR) is 87.0 cm³/mol. The average molecular weight is 334 g/mol. The summed E-state index contributed by atoms with van der Waals surface area (Å²) in [5.41, 5.74) is 0. The molecule has 1 saturated carbocycles. The van der Waals surface area contributed by atoms with E-state index in [1.165, 1.54) is 31.4 Å². The van der Waals surface area contributed by atoms with E-state index in [-0.39, 0.29) is 30.1 Å². The van der Waals surface area contributed by atoms with Gasteiger partial charge in [0.05, 0.1) is 5.92 Å². The highest BCUT2D eigenvalue weighted by Gasteiger charge is 2.36. The van der Waals surface area contributed by atoms with E-state index >= 15 is 0 Å². The number of para-hydroxylation sites is 1. The van der Waals surface area contributed by atoms with E-state index in [1.54, 1.807) is 17.0 Å². The van der Waals surface area contributed by atoms with Crippen molar-refractivity contribution < 1.29 is 18.7 Å². The van der Waals surface area contributed by atoms with E-state index in [1.807, 2.05) is 0 Å². The second-order valence-electron chi connectivity index (χ2n) is 6.56. The van der Waals surface area contributed by atoms with E-state index in [2.05, 4.69) is 5.32 Å². The maximum Gasteiger partial charge on any atom is 0.260 e. The highest BCUT2D eigenvalue weighted by molar-refractivity contribution is 5.85. The number of likely N-dealkylation sites (tertiary alicyclic amines) is 1. The molecule has 1 aliphatic carbocycles. The van der Waals surface area contributed by atoms with E-state index in [0.29, 0.717) is 19.1 Å². The maximum atomic E-state index is 13.4. The third-order valence-electron chi connectivity index (χ3n) is 4.74. The van der Waals surface area contributed by atoms with Crippen molar-refractivity contribution in [1.29, 1.82) is 0 Å². The molecule has 1 aromatic rings. The van der Waals surface area contributed by atoms with Gasteiger partial charge in [0.15, 0.2) is 18.2 Å². The molecule has 24 heavy (non-hydrogen) atoms. The number of halogens is 1. The number of benzene rings is 1. The Bertz CT molecular complexity index is 596. The lowest BCUT2D eigenvalue weighted by Gasteiger charge is -2.39. The van der Waals surface area contributed by atoms with Crippen molar-refractivity contribution in [3.05, 3.63) is 30.1 Å². The molecule has 5 nitrogen and oxygen atoms in total. The van der Waals surface area contributed by atoms with Crippen molar-refractivity contribution in [1.82, 2.24) is 10.2 Å². The fourth-order valence-corrected chi connectivity index (χ4v) is 3.21. The van der Waals surface area contributed by atoms with Crippen LogP contribution < -0.4 is 10.1 Å². The molecular formula is C18H23FN2O3. The Morgan fingerprint density at radius 2 is 1.88 bits per heavy atom. The van der Waals surface area contributed by atoms with Crippen LogP contribution in [0.25, 0.3) is 0 Å². The molecule has 1 heterocycles. The molecule has 1 aliphatic heterocycles. The van der Waals surface area contributed by atoms with Crippen LogP contribution >= 0.6 is 0 Å². The first-order chi connectivity index (χ1) is 11.6. The number of nitrogens with one attached hydrogen (secondary N) is 1. The van der Waals surface area contributed by atoms with Gasteiger partial charge in [0.25, 0.3) is 5.91 Å². The first-order valence-electron chi connectivity index (χ1n) is 8.59. The zero-order valence-corrected chi connectivity index (χ0v) is 13.7. The van der Waals surface area contributed by atoms with Gasteiger partial charge in [-0.05, 0) is 25.0 Å². The SMILES string of the molecule is O=C(NC1CCCCC1)C1CN(C(=O)COc2ccccc2F)C1. The average Bonchev–Trinajstić information content (AvgIpc) is 2.53. The monoisotopic (exact) mass is 334 g/mol. The number of ether oxygens (including phenoxy) is 1. The highest BCUT2D eigenvalue weighted by Crippen LogP contribution is 2.21. The molecule has 130 valence electrons. The van der Waals surface area contributed by atoms with Gasteiger partial charge in [-0.1, -0.05) is 31.4 Å². The molecule has 2 amide bonds. The summed E-state index contributed by atoms with van der Waals surface area (Å²) in [6.45, 7) is 0.619. The number of hydrogen-bond acceptors (Lipinski definition) is 3. The van der Waals surface area contributed by atoms with Gasteiger partial charge in [-0.2, -0.15) is 0 Å². The third-order valence-corrected chi connectivity index (χ3v) is 4.74. The minimum atomic E-state index is -0.487. The summed E-state index contributed by atoms with van der Waals surface area (Å²) in [7, 11) is 0. The van der Waals surface area contributed by atoms with Crippen LogP contribution in [0.4, 0.5) is 4.39 Å². The summed E-state index contributed by atoms with van der Waals surface area (Å²) in [5, 5.41) is 3.09. The molecule has 1 aromatic carbocycles. The summed E-state index contributed by atoms with van der Waals surface area (Å²) in [6, 6.07) is 6.28. The minimum Gasteiger partial charge on any atom is -0.481 e. The van der Waals surface area contributed by atoms with Crippen molar-refractivity contribution in [3.63, 3.8) is 0 Å². The first-order valence-corrected chi connectivity index (χ1v) is 8.59. The molecular weight excluding hydrogens is 311 g/mol. The number of carbonyl (C=O) groups excluding carboxylic acids is 2. The molecule has 1 saturated heterocycles. The summed E-state index contributed by atoms with van der Waals surface area (Å²) in [6.07, 6.45) is 5.70. The quantitative estimate of drug-likeness (QED) is 0.897. The lowest BCUT2D eigenvalue weighted by atomic mass is 9.93. The van der Waals surface area contributed by atoms with Crippen LogP contribution in [0.15, 0.2) is 24.3 Å². The van der Waals surface area contributed by atoms with E-state index in [9.17, 15) is 14.0 Å². The van der Waals surface area contributed by atoms with Crippen LogP contribution in [-0.2, 0) is 9.59 Å². The molecule has 0 unspecified atom stereocenters. The van der Waals surface area contributed by atoms with Crippen molar-refractivity contribution >= 4 is 11.8 Å². The van der Waals surface area contributed by atoms with Crippen molar-refractivity contribution in [2.45, 2.75) is 38.1 Å². The topological polar surface area (TPSA) is 58.6 Å². The number of amides is 2. The molecule has 0 atom stereocenters. The number of carbonyl (C=O) groups is 2. The van der Waals surface area contributed by atoms with E-state index in [0.717, 1.165) is 12.8 Å². The van der Waals surface area contributed by atoms with Crippen molar-refractivity contribution in [2.75, 3.05) is 19.7 Å². The van der Waals surface area contributed by atoms with Gasteiger partial charge in [0.2, 0.25) is 5.91 Å². The molecule has 0 bridgehead atoms. The number of nitrogens with zero attached hydrogens (tertiary/aromatic N) is 1. The van der Waals surface area contributed by atoms with Gasteiger partial charge in [-0.3, -0.25) is 9.59 Å². The molecule has 3 rings (SSSR count). The summed E-state index contributed by atoms with van der Waals surface area (Å²) < 4.78 is 18.6. The summed E-state index contributed by atoms with van der Waals surface area (Å²) >= 11 is 0. The minimum absolute atomic E-state index is 0.0426. The van der Waals surface area contributed by atoms with Gasteiger partial charge >= 0.3 is 0 Å². The molecule has 2 aliphatic rings. The standard InChI is InChI=1S/C18H23FN2O3/c19-15-8-4-5-9-16(15)24-12-17(22)21-10-13(11-21)18(23)20-14-6-2-1-3-7-14/h4-5,8-9,13-14H,1-3,6-7,10-12H2,(H,20,23). The summed E-state index contributed by atoms with van der Waals surface area (Å²) in [4.78, 5) is 25.7. The Labute approximate surface area is 141 Å². The molecule has 6 heteroatoms. The fraction of sp³-hybridized carbons (Fsp3) is 0.556. The number of rotatable bonds is 5. The molecule has 1 N–H and O–H groups in total. The molecule has 2 fully saturated rings. The fourth-order valence-electron chi connectivity index (χ4n) is 3.21. The zero-order chi connectivity index (χ0) is 16.9. The van der Waals surface area contributed by atoms with Crippen LogP contribution in [0.1, 0.15) is 32.1 Å². The Morgan fingerprint density at radius 3 is 2.58 bits per heavy atom. The maximum absolute atomic E-state index is 13.4. The van der Waals surface area contributed by atoms with Crippen molar-refractivity contribution in [3.8, 4) is 5.75 Å². The summed E-state index contributed by atoms with van der Waals surface area (Å²) in [5.74, 6) is -0.734. The Morgan fingerprint density at radius 1 is 1.17 bits per heavy atom. The van der Waals surface area contributed by atoms with Gasteiger partial charge in [-0.15, -0.1) is 0 Å². The molecule has 0 aromatic heterocycles. The zero-order valence-electron chi connectivity index (χ0n) is 13.7. The Kier molecular flexibility index (Phi) is 5.33. The second kappa shape index (κ2) is 7.64. The van der Waals surface area contributed by atoms with Gasteiger partial charge in [-0.25, -0.2) is 4.39 Å². The second-order valence-corrected chi connectivity index (χ2v) is 6.56. The highest BCUT2D eigenvalue weighted by atomic mass is 19.1.